The molecule has 3 N–H and O–H groups in total. The van der Waals surface area contributed by atoms with Gasteiger partial charge < -0.3 is 11.1 Å². The van der Waals surface area contributed by atoms with Crippen molar-refractivity contribution in [3.05, 3.63) is 64.4 Å². The molecule has 2 aromatic carbocycles. The average molecular weight is 309 g/mol. The number of anilines is 1. The summed E-state index contributed by atoms with van der Waals surface area (Å²) in [6, 6.07) is 14.3. The van der Waals surface area contributed by atoms with Gasteiger partial charge in [0.25, 0.3) is 0 Å². The lowest BCUT2D eigenvalue weighted by Gasteiger charge is -2.19. The number of nitrogens with one attached hydrogen (secondary N) is 1. The van der Waals surface area contributed by atoms with E-state index in [0.717, 1.165) is 10.0 Å². The van der Waals surface area contributed by atoms with Crippen molar-refractivity contribution in [3.8, 4) is 0 Å². The predicted molar refractivity (Wildman–Crippen MR) is 76.0 cm³/mol. The third-order valence-corrected chi connectivity index (χ3v) is 3.18. The molecule has 0 fully saturated rings. The maximum atomic E-state index is 13.6. The fraction of sp³-hybridized carbons (Fsp3) is 0.143. The smallest absolute Gasteiger partial charge is 0.146 e. The molecule has 4 heteroatoms. The largest absolute Gasteiger partial charge is 0.375 e. The van der Waals surface area contributed by atoms with E-state index in [2.05, 4.69) is 21.2 Å². The van der Waals surface area contributed by atoms with Gasteiger partial charge in [0.2, 0.25) is 0 Å². The molecular weight excluding hydrogens is 295 g/mol. The fourth-order valence-electron chi connectivity index (χ4n) is 1.77. The van der Waals surface area contributed by atoms with Gasteiger partial charge in [-0.1, -0.05) is 40.2 Å². The van der Waals surface area contributed by atoms with Crippen molar-refractivity contribution in [2.24, 2.45) is 5.73 Å². The number of para-hydroxylation sites is 1. The van der Waals surface area contributed by atoms with Gasteiger partial charge in [0.15, 0.2) is 0 Å². The Kier molecular flexibility index (Phi) is 4.33. The molecule has 2 aromatic rings. The molecule has 1 atom stereocenters. The number of benzene rings is 2. The van der Waals surface area contributed by atoms with Crippen LogP contribution in [0.1, 0.15) is 11.6 Å². The summed E-state index contributed by atoms with van der Waals surface area (Å²) in [5.41, 5.74) is 7.24. The summed E-state index contributed by atoms with van der Waals surface area (Å²) in [5.74, 6) is -0.272. The molecule has 0 aliphatic carbocycles. The van der Waals surface area contributed by atoms with Gasteiger partial charge in [0, 0.05) is 11.0 Å². The molecule has 0 aliphatic rings. The van der Waals surface area contributed by atoms with Crippen LogP contribution in [0.5, 0.6) is 0 Å². The second kappa shape index (κ2) is 5.98. The highest BCUT2D eigenvalue weighted by molar-refractivity contribution is 9.10. The van der Waals surface area contributed by atoms with Crippen molar-refractivity contribution >= 4 is 21.6 Å². The van der Waals surface area contributed by atoms with Crippen molar-refractivity contribution in [1.29, 1.82) is 0 Å². The quantitative estimate of drug-likeness (QED) is 0.904. The van der Waals surface area contributed by atoms with Crippen molar-refractivity contribution < 1.29 is 4.39 Å². The van der Waals surface area contributed by atoms with E-state index < -0.39 is 0 Å². The minimum absolute atomic E-state index is 0.112. The molecule has 94 valence electrons. The normalized spacial score (nSPS) is 12.2. The van der Waals surface area contributed by atoms with Gasteiger partial charge in [0.1, 0.15) is 5.82 Å². The van der Waals surface area contributed by atoms with Crippen LogP contribution in [0.4, 0.5) is 10.1 Å². The molecule has 0 amide bonds. The number of hydrogen-bond acceptors (Lipinski definition) is 2. The molecule has 0 aliphatic heterocycles. The first-order valence-electron chi connectivity index (χ1n) is 5.67. The molecule has 18 heavy (non-hydrogen) atoms. The highest BCUT2D eigenvalue weighted by Gasteiger charge is 2.11. The summed E-state index contributed by atoms with van der Waals surface area (Å²) < 4.78 is 14.5. The molecule has 0 aromatic heterocycles. The Balaban J connectivity index is 2.23. The topological polar surface area (TPSA) is 38.0 Å². The Morgan fingerprint density at radius 2 is 1.94 bits per heavy atom. The van der Waals surface area contributed by atoms with Crippen LogP contribution < -0.4 is 11.1 Å². The second-order valence-corrected chi connectivity index (χ2v) is 4.88. The number of nitrogens with two attached hydrogens (primary N) is 1. The van der Waals surface area contributed by atoms with Crippen molar-refractivity contribution in [2.75, 3.05) is 11.9 Å². The lowest BCUT2D eigenvalue weighted by atomic mass is 10.1. The van der Waals surface area contributed by atoms with Crippen molar-refractivity contribution in [1.82, 2.24) is 0 Å². The summed E-state index contributed by atoms with van der Waals surface area (Å²) in [4.78, 5) is 0. The van der Waals surface area contributed by atoms with E-state index >= 15 is 0 Å². The average Bonchev–Trinajstić information content (AvgIpc) is 2.38. The van der Waals surface area contributed by atoms with Gasteiger partial charge in [0.05, 0.1) is 11.7 Å². The third kappa shape index (κ3) is 3.09. The first-order valence-corrected chi connectivity index (χ1v) is 6.46. The maximum Gasteiger partial charge on any atom is 0.146 e. The van der Waals surface area contributed by atoms with Crippen LogP contribution in [0.15, 0.2) is 53.0 Å². The molecule has 0 saturated carbocycles. The molecule has 0 saturated heterocycles. The monoisotopic (exact) mass is 308 g/mol. The van der Waals surface area contributed by atoms with Crippen molar-refractivity contribution in [3.63, 3.8) is 0 Å². The lowest BCUT2D eigenvalue weighted by molar-refractivity contribution is 0.626. The van der Waals surface area contributed by atoms with Crippen LogP contribution >= 0.6 is 15.9 Å². The Morgan fingerprint density at radius 1 is 1.17 bits per heavy atom. The molecule has 0 heterocycles. The van der Waals surface area contributed by atoms with Gasteiger partial charge in [-0.15, -0.1) is 0 Å². The summed E-state index contributed by atoms with van der Waals surface area (Å²) in [6.45, 7) is 0.394. The van der Waals surface area contributed by atoms with Crippen LogP contribution in [-0.4, -0.2) is 6.54 Å². The Hall–Kier alpha value is -1.39. The summed E-state index contributed by atoms with van der Waals surface area (Å²) >= 11 is 3.42. The van der Waals surface area contributed by atoms with E-state index in [1.807, 2.05) is 24.3 Å². The van der Waals surface area contributed by atoms with Gasteiger partial charge in [-0.2, -0.15) is 0 Å². The van der Waals surface area contributed by atoms with Crippen LogP contribution in [0, 0.1) is 5.82 Å². The zero-order valence-corrected chi connectivity index (χ0v) is 11.3. The summed E-state index contributed by atoms with van der Waals surface area (Å²) in [6.07, 6.45) is 0. The molecule has 2 rings (SSSR count). The van der Waals surface area contributed by atoms with Gasteiger partial charge in [-0.25, -0.2) is 4.39 Å². The van der Waals surface area contributed by atoms with Crippen LogP contribution in [0.3, 0.4) is 0 Å². The van der Waals surface area contributed by atoms with Crippen LogP contribution in [-0.2, 0) is 0 Å². The van der Waals surface area contributed by atoms with Crippen LogP contribution in [0.25, 0.3) is 0 Å². The first-order chi connectivity index (χ1) is 8.70. The Bertz CT molecular complexity index is 531. The fourth-order valence-corrected chi connectivity index (χ4v) is 2.18. The highest BCUT2D eigenvalue weighted by atomic mass is 79.9. The Morgan fingerprint density at radius 3 is 2.61 bits per heavy atom. The second-order valence-electron chi connectivity index (χ2n) is 3.97. The molecule has 0 spiro atoms. The van der Waals surface area contributed by atoms with E-state index in [1.165, 1.54) is 6.07 Å². The van der Waals surface area contributed by atoms with E-state index in [9.17, 15) is 4.39 Å². The zero-order chi connectivity index (χ0) is 13.0. The molecule has 1 unspecified atom stereocenters. The Labute approximate surface area is 114 Å². The molecular formula is C14H14BrFN2. The SMILES string of the molecule is NCC(Nc1ccccc1F)c1cccc(Br)c1. The minimum atomic E-state index is -0.272. The predicted octanol–water partition coefficient (Wildman–Crippen LogP) is 3.70. The van der Waals surface area contributed by atoms with Gasteiger partial charge in [-0.3, -0.25) is 0 Å². The zero-order valence-electron chi connectivity index (χ0n) is 9.74. The van der Waals surface area contributed by atoms with Crippen LogP contribution in [0.2, 0.25) is 0 Å². The highest BCUT2D eigenvalue weighted by Crippen LogP contribution is 2.23. The number of hydrogen-bond donors (Lipinski definition) is 2. The lowest BCUT2D eigenvalue weighted by Crippen LogP contribution is -2.21. The third-order valence-electron chi connectivity index (χ3n) is 2.69. The molecule has 2 nitrogen and oxygen atoms in total. The number of halogens is 2. The number of rotatable bonds is 4. The molecule has 0 bridgehead atoms. The first kappa shape index (κ1) is 13.1. The van der Waals surface area contributed by atoms with Gasteiger partial charge in [-0.05, 0) is 29.8 Å². The minimum Gasteiger partial charge on any atom is -0.375 e. The van der Waals surface area contributed by atoms with Crippen molar-refractivity contribution in [2.45, 2.75) is 6.04 Å². The van der Waals surface area contributed by atoms with E-state index in [4.69, 9.17) is 5.73 Å². The summed E-state index contributed by atoms with van der Waals surface area (Å²) in [5, 5.41) is 3.12. The maximum absolute atomic E-state index is 13.6. The molecule has 0 radical (unpaired) electrons. The van der Waals surface area contributed by atoms with Gasteiger partial charge >= 0.3 is 0 Å². The van der Waals surface area contributed by atoms with E-state index in [0.29, 0.717) is 12.2 Å². The van der Waals surface area contributed by atoms with E-state index in [-0.39, 0.29) is 11.9 Å². The standard InChI is InChI=1S/C14H14BrFN2/c15-11-5-3-4-10(8-11)14(9-17)18-13-7-2-1-6-12(13)16/h1-8,14,18H,9,17H2. The van der Waals surface area contributed by atoms with E-state index in [1.54, 1.807) is 18.2 Å². The summed E-state index contributed by atoms with van der Waals surface area (Å²) in [7, 11) is 0.